The Kier molecular flexibility index (Phi) is 4.18. The van der Waals surface area contributed by atoms with Crippen molar-refractivity contribution in [3.8, 4) is 5.75 Å². The minimum Gasteiger partial charge on any atom is -0.484 e. The fraction of sp³-hybridized carbons (Fsp3) is 0.286. The van der Waals surface area contributed by atoms with E-state index < -0.39 is 5.97 Å². The van der Waals surface area contributed by atoms with E-state index in [1.54, 1.807) is 0 Å². The molecule has 0 fully saturated rings. The summed E-state index contributed by atoms with van der Waals surface area (Å²) >= 11 is 0. The number of oxazole rings is 1. The summed E-state index contributed by atoms with van der Waals surface area (Å²) in [5.41, 5.74) is 1.12. The Balaban J connectivity index is 1.88. The van der Waals surface area contributed by atoms with Crippen molar-refractivity contribution in [1.82, 2.24) is 4.98 Å². The molecule has 1 N–H and O–H groups in total. The van der Waals surface area contributed by atoms with Gasteiger partial charge in [-0.2, -0.15) is 0 Å². The number of aryl methyl sites for hydroxylation is 2. The predicted molar refractivity (Wildman–Crippen MR) is 68.0 cm³/mol. The van der Waals surface area contributed by atoms with E-state index in [2.05, 4.69) is 4.98 Å². The van der Waals surface area contributed by atoms with Crippen molar-refractivity contribution < 1.29 is 19.1 Å². The van der Waals surface area contributed by atoms with Crippen LogP contribution >= 0.6 is 0 Å². The topological polar surface area (TPSA) is 72.6 Å². The van der Waals surface area contributed by atoms with Crippen molar-refractivity contribution in [2.45, 2.75) is 26.4 Å². The van der Waals surface area contributed by atoms with Gasteiger partial charge in [0.15, 0.2) is 6.61 Å². The number of rotatable bonds is 6. The Morgan fingerprint density at radius 3 is 3.05 bits per heavy atom. The van der Waals surface area contributed by atoms with Crippen molar-refractivity contribution in [3.63, 3.8) is 0 Å². The molecule has 100 valence electrons. The second kappa shape index (κ2) is 6.04. The first-order chi connectivity index (χ1) is 9.13. The standard InChI is InChI=1S/C14H15NO4/c1-10-3-2-4-11(7-10)18-9-13-15-8-12(19-13)5-6-14(16)17/h2-4,7-8H,5-6,9H2,1H3,(H,16,17). The van der Waals surface area contributed by atoms with Crippen molar-refractivity contribution in [3.05, 3.63) is 47.7 Å². The third-order valence-electron chi connectivity index (χ3n) is 2.54. The number of carboxylic acids is 1. The second-order valence-corrected chi connectivity index (χ2v) is 4.22. The monoisotopic (exact) mass is 261 g/mol. The van der Waals surface area contributed by atoms with Gasteiger partial charge in [-0.1, -0.05) is 12.1 Å². The molecule has 0 aliphatic carbocycles. The molecule has 5 heteroatoms. The molecule has 0 spiro atoms. The molecule has 19 heavy (non-hydrogen) atoms. The Morgan fingerprint density at radius 1 is 1.47 bits per heavy atom. The summed E-state index contributed by atoms with van der Waals surface area (Å²) in [6, 6.07) is 7.69. The average molecular weight is 261 g/mol. The third-order valence-corrected chi connectivity index (χ3v) is 2.54. The van der Waals surface area contributed by atoms with Crippen molar-refractivity contribution in [2.75, 3.05) is 0 Å². The maximum absolute atomic E-state index is 10.4. The summed E-state index contributed by atoms with van der Waals surface area (Å²) in [6.07, 6.45) is 1.91. The average Bonchev–Trinajstić information content (AvgIpc) is 2.82. The highest BCUT2D eigenvalue weighted by molar-refractivity contribution is 5.66. The van der Waals surface area contributed by atoms with Gasteiger partial charge in [0.25, 0.3) is 0 Å². The molecule has 0 aliphatic heterocycles. The van der Waals surface area contributed by atoms with Gasteiger partial charge in [-0.05, 0) is 24.6 Å². The molecule has 1 aromatic carbocycles. The summed E-state index contributed by atoms with van der Waals surface area (Å²) in [4.78, 5) is 14.5. The Morgan fingerprint density at radius 2 is 2.32 bits per heavy atom. The molecule has 0 unspecified atom stereocenters. The lowest BCUT2D eigenvalue weighted by molar-refractivity contribution is -0.137. The van der Waals surface area contributed by atoms with Gasteiger partial charge in [0.1, 0.15) is 11.5 Å². The van der Waals surface area contributed by atoms with Crippen LogP contribution in [-0.4, -0.2) is 16.1 Å². The van der Waals surface area contributed by atoms with E-state index in [-0.39, 0.29) is 13.0 Å². The molecule has 0 saturated carbocycles. The maximum atomic E-state index is 10.4. The number of nitrogens with zero attached hydrogens (tertiary/aromatic N) is 1. The lowest BCUT2D eigenvalue weighted by Gasteiger charge is -2.03. The van der Waals surface area contributed by atoms with E-state index in [0.29, 0.717) is 18.1 Å². The molecular weight excluding hydrogens is 246 g/mol. The fourth-order valence-corrected chi connectivity index (χ4v) is 1.61. The zero-order chi connectivity index (χ0) is 13.7. The first kappa shape index (κ1) is 13.1. The molecule has 1 aromatic heterocycles. The summed E-state index contributed by atoms with van der Waals surface area (Å²) < 4.78 is 10.9. The molecule has 0 atom stereocenters. The van der Waals surface area contributed by atoms with E-state index in [1.807, 2.05) is 31.2 Å². The molecular formula is C14H15NO4. The summed E-state index contributed by atoms with van der Waals surface area (Å²) in [5, 5.41) is 8.57. The Bertz CT molecular complexity index is 562. The smallest absolute Gasteiger partial charge is 0.303 e. The van der Waals surface area contributed by atoms with E-state index in [4.69, 9.17) is 14.3 Å². The molecule has 0 radical (unpaired) electrons. The third kappa shape index (κ3) is 4.13. The van der Waals surface area contributed by atoms with E-state index >= 15 is 0 Å². The number of aromatic nitrogens is 1. The van der Waals surface area contributed by atoms with Crippen molar-refractivity contribution >= 4 is 5.97 Å². The van der Waals surface area contributed by atoms with Crippen LogP contribution in [0.5, 0.6) is 5.75 Å². The maximum Gasteiger partial charge on any atom is 0.303 e. The largest absolute Gasteiger partial charge is 0.484 e. The van der Waals surface area contributed by atoms with Crippen LogP contribution in [0.2, 0.25) is 0 Å². The SMILES string of the molecule is Cc1cccc(OCc2ncc(CCC(=O)O)o2)c1. The molecule has 5 nitrogen and oxygen atoms in total. The zero-order valence-corrected chi connectivity index (χ0v) is 10.6. The Hall–Kier alpha value is -2.30. The predicted octanol–water partition coefficient (Wildman–Crippen LogP) is 2.58. The number of aliphatic carboxylic acids is 1. The van der Waals surface area contributed by atoms with Gasteiger partial charge >= 0.3 is 5.97 Å². The van der Waals surface area contributed by atoms with Gasteiger partial charge < -0.3 is 14.3 Å². The molecule has 0 bridgehead atoms. The van der Waals surface area contributed by atoms with Gasteiger partial charge in [-0.25, -0.2) is 4.98 Å². The fourth-order valence-electron chi connectivity index (χ4n) is 1.61. The molecule has 0 saturated heterocycles. The van der Waals surface area contributed by atoms with Crippen LogP contribution in [-0.2, 0) is 17.8 Å². The number of carboxylic acid groups (broad SMARTS) is 1. The summed E-state index contributed by atoms with van der Waals surface area (Å²) in [7, 11) is 0. The minimum atomic E-state index is -0.853. The zero-order valence-electron chi connectivity index (χ0n) is 10.6. The van der Waals surface area contributed by atoms with Crippen LogP contribution in [0.3, 0.4) is 0 Å². The first-order valence-corrected chi connectivity index (χ1v) is 5.98. The molecule has 0 amide bonds. The van der Waals surface area contributed by atoms with Gasteiger partial charge in [0.05, 0.1) is 12.6 Å². The van der Waals surface area contributed by atoms with Gasteiger partial charge in [0, 0.05) is 6.42 Å². The van der Waals surface area contributed by atoms with Crippen LogP contribution in [0.1, 0.15) is 23.6 Å². The van der Waals surface area contributed by atoms with Gasteiger partial charge in [0.2, 0.25) is 5.89 Å². The molecule has 2 aromatic rings. The lowest BCUT2D eigenvalue weighted by Crippen LogP contribution is -1.97. The highest BCUT2D eigenvalue weighted by atomic mass is 16.5. The highest BCUT2D eigenvalue weighted by Gasteiger charge is 2.07. The Labute approximate surface area is 110 Å². The van der Waals surface area contributed by atoms with Crippen LogP contribution in [0.15, 0.2) is 34.9 Å². The van der Waals surface area contributed by atoms with Gasteiger partial charge in [-0.15, -0.1) is 0 Å². The van der Waals surface area contributed by atoms with Crippen LogP contribution < -0.4 is 4.74 Å². The number of hydrogen-bond acceptors (Lipinski definition) is 4. The van der Waals surface area contributed by atoms with E-state index in [9.17, 15) is 4.79 Å². The number of benzene rings is 1. The quantitative estimate of drug-likeness (QED) is 0.865. The minimum absolute atomic E-state index is 0.0351. The van der Waals surface area contributed by atoms with Gasteiger partial charge in [-0.3, -0.25) is 4.79 Å². The number of ether oxygens (including phenoxy) is 1. The van der Waals surface area contributed by atoms with E-state index in [1.165, 1.54) is 6.20 Å². The molecule has 2 rings (SSSR count). The van der Waals surface area contributed by atoms with Crippen LogP contribution in [0.4, 0.5) is 0 Å². The summed E-state index contributed by atoms with van der Waals surface area (Å²) in [6.45, 7) is 2.22. The van der Waals surface area contributed by atoms with Crippen molar-refractivity contribution in [1.29, 1.82) is 0 Å². The first-order valence-electron chi connectivity index (χ1n) is 5.98. The number of hydrogen-bond donors (Lipinski definition) is 1. The van der Waals surface area contributed by atoms with Crippen LogP contribution in [0, 0.1) is 6.92 Å². The van der Waals surface area contributed by atoms with Crippen molar-refractivity contribution in [2.24, 2.45) is 0 Å². The van der Waals surface area contributed by atoms with E-state index in [0.717, 1.165) is 11.3 Å². The molecule has 1 heterocycles. The highest BCUT2D eigenvalue weighted by Crippen LogP contribution is 2.15. The van der Waals surface area contributed by atoms with Crippen LogP contribution in [0.25, 0.3) is 0 Å². The lowest BCUT2D eigenvalue weighted by atomic mass is 10.2. The molecule has 0 aliphatic rings. The summed E-state index contributed by atoms with van der Waals surface area (Å²) in [5.74, 6) is 0.909. The number of carbonyl (C=O) groups is 1. The normalized spacial score (nSPS) is 10.4. The second-order valence-electron chi connectivity index (χ2n) is 4.22.